The molecular formula is C22H22Zr. The fourth-order valence-electron chi connectivity index (χ4n) is 4.53. The fraction of sp³-hybridized carbons (Fsp3) is 0.227. The van der Waals surface area contributed by atoms with Crippen molar-refractivity contribution >= 4 is 15.9 Å². The van der Waals surface area contributed by atoms with Gasteiger partial charge in [-0.3, -0.25) is 0 Å². The molecule has 0 amide bonds. The summed E-state index contributed by atoms with van der Waals surface area (Å²) in [5.74, 6) is 0. The van der Waals surface area contributed by atoms with Gasteiger partial charge in [-0.05, 0) is 0 Å². The van der Waals surface area contributed by atoms with Crippen LogP contribution in [0.2, 0.25) is 0 Å². The molecule has 0 nitrogen and oxygen atoms in total. The monoisotopic (exact) mass is 376 g/mol. The van der Waals surface area contributed by atoms with Crippen LogP contribution in [0.15, 0.2) is 60.7 Å². The Hall–Kier alpha value is -1.33. The second-order valence-electron chi connectivity index (χ2n) is 6.95. The predicted octanol–water partition coefficient (Wildman–Crippen LogP) is 5.31. The Morgan fingerprint density at radius 2 is 1.17 bits per heavy atom. The van der Waals surface area contributed by atoms with Crippen LogP contribution in [0, 0.1) is 0 Å². The summed E-state index contributed by atoms with van der Waals surface area (Å²) >= 11 is -2.04. The number of benzene rings is 2. The summed E-state index contributed by atoms with van der Waals surface area (Å²) in [6, 6.07) is 17.9. The minimum absolute atomic E-state index is 0.226. The van der Waals surface area contributed by atoms with E-state index in [9.17, 15) is 0 Å². The number of rotatable bonds is 2. The molecule has 0 aromatic heterocycles. The molecule has 0 aliphatic heterocycles. The van der Waals surface area contributed by atoms with E-state index in [1.807, 2.05) is 0 Å². The van der Waals surface area contributed by atoms with Crippen LogP contribution < -0.4 is 0 Å². The summed E-state index contributed by atoms with van der Waals surface area (Å²) in [5, 5.41) is 0. The van der Waals surface area contributed by atoms with Gasteiger partial charge in [0.05, 0.1) is 0 Å². The second-order valence-corrected chi connectivity index (χ2v) is 15.5. The van der Waals surface area contributed by atoms with Crippen LogP contribution in [0.5, 0.6) is 0 Å². The Morgan fingerprint density at radius 3 is 1.61 bits per heavy atom. The summed E-state index contributed by atoms with van der Waals surface area (Å²) in [6.45, 7) is 7.25. The zero-order valence-corrected chi connectivity index (χ0v) is 16.5. The quantitative estimate of drug-likeness (QED) is 0.665. The van der Waals surface area contributed by atoms with Gasteiger partial charge in [0, 0.05) is 0 Å². The minimum atomic E-state index is -2.04. The Kier molecular flexibility index (Phi) is 3.54. The first-order valence-electron chi connectivity index (χ1n) is 8.34. The number of hydrogen-bond acceptors (Lipinski definition) is 0. The van der Waals surface area contributed by atoms with E-state index in [0.29, 0.717) is 0 Å². The zero-order chi connectivity index (χ0) is 16.1. The van der Waals surface area contributed by atoms with Gasteiger partial charge in [0.1, 0.15) is 0 Å². The number of allylic oxidation sites excluding steroid dienone is 2. The molecule has 0 saturated carbocycles. The van der Waals surface area contributed by atoms with Gasteiger partial charge in [0.15, 0.2) is 0 Å². The molecule has 2 atom stereocenters. The van der Waals surface area contributed by atoms with E-state index in [4.69, 9.17) is 0 Å². The summed E-state index contributed by atoms with van der Waals surface area (Å²) in [4.78, 5) is 0. The molecule has 0 bridgehead atoms. The Bertz CT molecular complexity index is 802. The topological polar surface area (TPSA) is 0 Å². The third-order valence-corrected chi connectivity index (χ3v) is 14.7. The van der Waals surface area contributed by atoms with Crippen LogP contribution in [-0.4, -0.2) is 3.71 Å². The molecule has 0 heterocycles. The van der Waals surface area contributed by atoms with Crippen molar-refractivity contribution in [2.24, 2.45) is 0 Å². The van der Waals surface area contributed by atoms with E-state index in [1.165, 1.54) is 22.3 Å². The van der Waals surface area contributed by atoms with E-state index in [1.54, 1.807) is 0 Å². The molecule has 0 fully saturated rings. The van der Waals surface area contributed by atoms with Crippen molar-refractivity contribution < 1.29 is 21.3 Å². The van der Waals surface area contributed by atoms with Crippen LogP contribution in [0.4, 0.5) is 0 Å². The first-order valence-corrected chi connectivity index (χ1v) is 12.2. The van der Waals surface area contributed by atoms with E-state index in [2.05, 4.69) is 97.3 Å². The van der Waals surface area contributed by atoms with Crippen LogP contribution in [0.3, 0.4) is 0 Å². The second kappa shape index (κ2) is 5.35. The van der Waals surface area contributed by atoms with Gasteiger partial charge in [-0.15, -0.1) is 0 Å². The molecule has 1 heteroatoms. The van der Waals surface area contributed by atoms with Crippen LogP contribution in [0.1, 0.15) is 43.0 Å². The number of fused-ring (bicyclic) bond motifs is 2. The van der Waals surface area contributed by atoms with Crippen LogP contribution in [0.25, 0.3) is 12.2 Å². The van der Waals surface area contributed by atoms with E-state index in [0.717, 1.165) is 0 Å². The Morgan fingerprint density at radius 1 is 0.739 bits per heavy atom. The van der Waals surface area contributed by atoms with Crippen molar-refractivity contribution in [2.45, 2.75) is 27.0 Å². The summed E-state index contributed by atoms with van der Waals surface area (Å²) in [7, 11) is 0. The first-order chi connectivity index (χ1) is 11.1. The van der Waals surface area contributed by atoms with Gasteiger partial charge in [-0.25, -0.2) is 0 Å². The maximum atomic E-state index is 2.60. The van der Waals surface area contributed by atoms with Gasteiger partial charge in [-0.2, -0.15) is 0 Å². The van der Waals surface area contributed by atoms with Crippen LogP contribution >= 0.6 is 0 Å². The molecule has 2 aromatic rings. The third kappa shape index (κ3) is 2.09. The van der Waals surface area contributed by atoms with Crippen molar-refractivity contribution in [1.29, 1.82) is 0 Å². The molecule has 0 spiro atoms. The Labute approximate surface area is 146 Å². The molecule has 0 radical (unpaired) electrons. The normalized spacial score (nSPS) is 26.9. The molecule has 114 valence electrons. The average molecular weight is 378 g/mol. The predicted molar refractivity (Wildman–Crippen MR) is 97.4 cm³/mol. The SMILES string of the molecule is C[CH]=[Zr]([C]1(C)C=Cc2ccccc21)[C]1(C)C=Cc2ccccc21. The van der Waals surface area contributed by atoms with Crippen molar-refractivity contribution in [2.75, 3.05) is 0 Å². The molecule has 2 aromatic carbocycles. The van der Waals surface area contributed by atoms with Crippen molar-refractivity contribution in [3.8, 4) is 0 Å². The zero-order valence-electron chi connectivity index (χ0n) is 14.0. The van der Waals surface area contributed by atoms with Crippen molar-refractivity contribution in [3.63, 3.8) is 0 Å². The molecule has 2 aliphatic carbocycles. The van der Waals surface area contributed by atoms with Gasteiger partial charge >= 0.3 is 147 Å². The van der Waals surface area contributed by atoms with Gasteiger partial charge in [0.25, 0.3) is 0 Å². The fourth-order valence-corrected chi connectivity index (χ4v) is 14.0. The average Bonchev–Trinajstić information content (AvgIpc) is 3.09. The maximum absolute atomic E-state index is 2.60. The van der Waals surface area contributed by atoms with Gasteiger partial charge < -0.3 is 0 Å². The van der Waals surface area contributed by atoms with E-state index >= 15 is 0 Å². The molecule has 23 heavy (non-hydrogen) atoms. The molecular weight excluding hydrogens is 355 g/mol. The number of hydrogen-bond donors (Lipinski definition) is 0. The Balaban J connectivity index is 1.90. The molecule has 2 unspecified atom stereocenters. The standard InChI is InChI=1S/2C10H9.C2H4.Zr/c2*1-8-6-7-9-4-2-3-5-10(8)9;1-2;/h2*2-7H,1H3;1H,2H3;. The van der Waals surface area contributed by atoms with E-state index in [-0.39, 0.29) is 6.25 Å². The van der Waals surface area contributed by atoms with E-state index < -0.39 is 21.3 Å². The third-order valence-electron chi connectivity index (χ3n) is 5.64. The van der Waals surface area contributed by atoms with Crippen molar-refractivity contribution in [3.05, 3.63) is 82.9 Å². The molecule has 0 N–H and O–H groups in total. The van der Waals surface area contributed by atoms with Crippen LogP contribution in [-0.2, 0) is 27.5 Å². The molecule has 2 aliphatic rings. The first kappa shape index (κ1) is 15.2. The van der Waals surface area contributed by atoms with Gasteiger partial charge in [-0.1, -0.05) is 0 Å². The van der Waals surface area contributed by atoms with Crippen molar-refractivity contribution in [1.82, 2.24) is 0 Å². The summed E-state index contributed by atoms with van der Waals surface area (Å²) in [6.07, 6.45) is 9.67. The summed E-state index contributed by atoms with van der Waals surface area (Å²) < 4.78 is 3.05. The van der Waals surface area contributed by atoms with Gasteiger partial charge in [0.2, 0.25) is 0 Å². The molecule has 0 saturated heterocycles. The summed E-state index contributed by atoms with van der Waals surface area (Å²) in [5.41, 5.74) is 5.89. The molecule has 4 rings (SSSR count).